The third-order valence-corrected chi connectivity index (χ3v) is 4.50. The average molecular weight is 302 g/mol. The van der Waals surface area contributed by atoms with E-state index in [1.165, 1.54) is 11.3 Å². The smallest absolute Gasteiger partial charge is 0.149 e. The number of alkyl halides is 1. The summed E-state index contributed by atoms with van der Waals surface area (Å²) in [6, 6.07) is 11.9. The molecule has 0 N–H and O–H groups in total. The number of halogens is 1. The molecule has 0 aliphatic heterocycles. The molecule has 0 bridgehead atoms. The average Bonchev–Trinajstić information content (AvgIpc) is 2.97. The molecule has 100 valence electrons. The van der Waals surface area contributed by atoms with Crippen molar-refractivity contribution in [2.24, 2.45) is 0 Å². The highest BCUT2D eigenvalue weighted by atomic mass is 35.5. The lowest BCUT2D eigenvalue weighted by Crippen LogP contribution is -1.91. The van der Waals surface area contributed by atoms with Crippen LogP contribution in [0.1, 0.15) is 21.5 Å². The van der Waals surface area contributed by atoms with Gasteiger partial charge in [0.15, 0.2) is 0 Å². The maximum Gasteiger partial charge on any atom is 0.149 e. The van der Waals surface area contributed by atoms with Crippen LogP contribution in [0.25, 0.3) is 10.6 Å². The molecule has 0 fully saturated rings. The molecule has 0 amide bonds. The van der Waals surface area contributed by atoms with Crippen molar-refractivity contribution in [3.63, 3.8) is 0 Å². The van der Waals surface area contributed by atoms with Crippen LogP contribution >= 0.6 is 22.9 Å². The molecule has 1 aromatic carbocycles. The number of aryl methyl sites for hydroxylation is 1. The van der Waals surface area contributed by atoms with Gasteiger partial charge >= 0.3 is 0 Å². The van der Waals surface area contributed by atoms with E-state index in [2.05, 4.69) is 15.2 Å². The summed E-state index contributed by atoms with van der Waals surface area (Å²) in [6.07, 6.45) is 3.61. The van der Waals surface area contributed by atoms with Gasteiger partial charge in [-0.2, -0.15) is 0 Å². The molecule has 3 nitrogen and oxygen atoms in total. The first-order valence-electron chi connectivity index (χ1n) is 6.18. The Morgan fingerprint density at radius 3 is 2.65 bits per heavy atom. The van der Waals surface area contributed by atoms with Crippen LogP contribution in [0.15, 0.2) is 48.8 Å². The zero-order chi connectivity index (χ0) is 13.9. The molecule has 0 radical (unpaired) electrons. The van der Waals surface area contributed by atoms with Gasteiger partial charge in [0.1, 0.15) is 15.4 Å². The summed E-state index contributed by atoms with van der Waals surface area (Å²) in [5, 5.41) is 9.81. The van der Waals surface area contributed by atoms with Gasteiger partial charge in [-0.05, 0) is 24.1 Å². The van der Waals surface area contributed by atoms with E-state index < -0.39 is 0 Å². The minimum atomic E-state index is -0.264. The van der Waals surface area contributed by atoms with E-state index in [4.69, 9.17) is 11.6 Å². The topological polar surface area (TPSA) is 38.7 Å². The third-order valence-electron chi connectivity index (χ3n) is 2.87. The second-order valence-electron chi connectivity index (χ2n) is 4.47. The van der Waals surface area contributed by atoms with E-state index in [-0.39, 0.29) is 5.38 Å². The molecule has 1 atom stereocenters. The molecule has 2 aromatic heterocycles. The van der Waals surface area contributed by atoms with Crippen LogP contribution in [-0.4, -0.2) is 15.2 Å². The lowest BCUT2D eigenvalue weighted by molar-refractivity contribution is 0.987. The van der Waals surface area contributed by atoms with Crippen LogP contribution in [-0.2, 0) is 0 Å². The van der Waals surface area contributed by atoms with Gasteiger partial charge in [-0.25, -0.2) is 0 Å². The summed E-state index contributed by atoms with van der Waals surface area (Å²) in [5.41, 5.74) is 3.11. The summed E-state index contributed by atoms with van der Waals surface area (Å²) >= 11 is 7.96. The lowest BCUT2D eigenvalue weighted by atomic mass is 10.1. The van der Waals surface area contributed by atoms with Gasteiger partial charge in [0.05, 0.1) is 0 Å². The minimum absolute atomic E-state index is 0.264. The number of rotatable bonds is 3. The van der Waals surface area contributed by atoms with Crippen LogP contribution in [0, 0.1) is 6.92 Å². The van der Waals surface area contributed by atoms with Crippen molar-refractivity contribution in [2.45, 2.75) is 12.3 Å². The number of pyridine rings is 1. The number of aromatic nitrogens is 3. The molecule has 0 saturated carbocycles. The molecule has 0 aliphatic rings. The Morgan fingerprint density at radius 1 is 1.10 bits per heavy atom. The Balaban J connectivity index is 1.91. The van der Waals surface area contributed by atoms with E-state index >= 15 is 0 Å². The Labute approximate surface area is 126 Å². The van der Waals surface area contributed by atoms with Gasteiger partial charge in [0.2, 0.25) is 0 Å². The SMILES string of the molecule is Cc1cncc(-c2nnc(C(Cl)c3ccccc3)s2)c1. The molecule has 0 spiro atoms. The molecular formula is C15H12ClN3S. The van der Waals surface area contributed by atoms with Gasteiger partial charge < -0.3 is 0 Å². The van der Waals surface area contributed by atoms with E-state index in [0.717, 1.165) is 26.7 Å². The molecular weight excluding hydrogens is 290 g/mol. The number of benzene rings is 1. The first kappa shape index (κ1) is 13.2. The Hall–Kier alpha value is -1.78. The van der Waals surface area contributed by atoms with Crippen molar-refractivity contribution in [1.82, 2.24) is 15.2 Å². The normalized spacial score (nSPS) is 12.3. The zero-order valence-corrected chi connectivity index (χ0v) is 12.4. The molecule has 0 aliphatic carbocycles. The van der Waals surface area contributed by atoms with E-state index in [0.29, 0.717) is 0 Å². The van der Waals surface area contributed by atoms with Crippen molar-refractivity contribution in [3.8, 4) is 10.6 Å². The highest BCUT2D eigenvalue weighted by Gasteiger charge is 2.16. The summed E-state index contributed by atoms with van der Waals surface area (Å²) in [7, 11) is 0. The van der Waals surface area contributed by atoms with Crippen molar-refractivity contribution in [2.75, 3.05) is 0 Å². The van der Waals surface area contributed by atoms with E-state index in [1.54, 1.807) is 6.20 Å². The predicted molar refractivity (Wildman–Crippen MR) is 82.0 cm³/mol. The number of hydrogen-bond donors (Lipinski definition) is 0. The second-order valence-corrected chi connectivity index (χ2v) is 5.92. The monoisotopic (exact) mass is 301 g/mol. The van der Waals surface area contributed by atoms with Crippen molar-refractivity contribution in [1.29, 1.82) is 0 Å². The first-order chi connectivity index (χ1) is 9.74. The van der Waals surface area contributed by atoms with E-state index in [1.807, 2.05) is 49.5 Å². The number of nitrogens with zero attached hydrogens (tertiary/aromatic N) is 3. The van der Waals surface area contributed by atoms with Crippen molar-refractivity contribution >= 4 is 22.9 Å². The maximum absolute atomic E-state index is 6.46. The fraction of sp³-hybridized carbons (Fsp3) is 0.133. The van der Waals surface area contributed by atoms with Gasteiger partial charge in [-0.15, -0.1) is 21.8 Å². The van der Waals surface area contributed by atoms with Gasteiger partial charge in [0.25, 0.3) is 0 Å². The zero-order valence-electron chi connectivity index (χ0n) is 10.8. The third kappa shape index (κ3) is 2.71. The lowest BCUT2D eigenvalue weighted by Gasteiger charge is -2.04. The summed E-state index contributed by atoms with van der Waals surface area (Å²) < 4.78 is 0. The molecule has 3 rings (SSSR count). The van der Waals surface area contributed by atoms with Crippen LogP contribution < -0.4 is 0 Å². The Morgan fingerprint density at radius 2 is 1.90 bits per heavy atom. The Bertz CT molecular complexity index is 712. The van der Waals surface area contributed by atoms with Gasteiger partial charge in [-0.1, -0.05) is 41.7 Å². The molecule has 1 unspecified atom stereocenters. The minimum Gasteiger partial charge on any atom is -0.264 e. The fourth-order valence-electron chi connectivity index (χ4n) is 1.89. The van der Waals surface area contributed by atoms with Crippen LogP contribution in [0.4, 0.5) is 0 Å². The summed E-state index contributed by atoms with van der Waals surface area (Å²) in [5.74, 6) is 0. The Kier molecular flexibility index (Phi) is 3.76. The molecule has 20 heavy (non-hydrogen) atoms. The van der Waals surface area contributed by atoms with Gasteiger partial charge in [0, 0.05) is 18.0 Å². The maximum atomic E-state index is 6.46. The predicted octanol–water partition coefficient (Wildman–Crippen LogP) is 4.24. The largest absolute Gasteiger partial charge is 0.264 e. The highest BCUT2D eigenvalue weighted by molar-refractivity contribution is 7.15. The highest BCUT2D eigenvalue weighted by Crippen LogP contribution is 2.33. The fourth-order valence-corrected chi connectivity index (χ4v) is 3.04. The van der Waals surface area contributed by atoms with Crippen LogP contribution in [0.2, 0.25) is 0 Å². The van der Waals surface area contributed by atoms with Crippen molar-refractivity contribution in [3.05, 3.63) is 64.9 Å². The molecule has 5 heteroatoms. The molecule has 3 aromatic rings. The van der Waals surface area contributed by atoms with Crippen molar-refractivity contribution < 1.29 is 0 Å². The quantitative estimate of drug-likeness (QED) is 0.679. The molecule has 2 heterocycles. The summed E-state index contributed by atoms with van der Waals surface area (Å²) in [4.78, 5) is 4.18. The standard InChI is InChI=1S/C15H12ClN3S/c1-10-7-12(9-17-8-10)14-18-19-15(20-14)13(16)11-5-3-2-4-6-11/h2-9,13H,1H3. The summed E-state index contributed by atoms with van der Waals surface area (Å²) in [6.45, 7) is 2.01. The molecule has 0 saturated heterocycles. The van der Waals surface area contributed by atoms with Crippen LogP contribution in [0.5, 0.6) is 0 Å². The van der Waals surface area contributed by atoms with Crippen LogP contribution in [0.3, 0.4) is 0 Å². The van der Waals surface area contributed by atoms with E-state index in [9.17, 15) is 0 Å². The second kappa shape index (κ2) is 5.69. The van der Waals surface area contributed by atoms with Gasteiger partial charge in [-0.3, -0.25) is 4.98 Å². The number of hydrogen-bond acceptors (Lipinski definition) is 4. The first-order valence-corrected chi connectivity index (χ1v) is 7.44.